The van der Waals surface area contributed by atoms with Gasteiger partial charge >= 0.3 is 0 Å². The van der Waals surface area contributed by atoms with E-state index in [1.54, 1.807) is 0 Å². The monoisotopic (exact) mass is 252 g/mol. The fourth-order valence-electron chi connectivity index (χ4n) is 2.03. The molecule has 0 aromatic heterocycles. The molecule has 0 unspecified atom stereocenters. The van der Waals surface area contributed by atoms with Crippen molar-refractivity contribution in [3.8, 4) is 0 Å². The molecule has 2 rings (SSSR count). The molecular formula is C18H20O. The Morgan fingerprint density at radius 3 is 2.21 bits per heavy atom. The minimum atomic E-state index is 0.660. The molecule has 0 aliphatic heterocycles. The van der Waals surface area contributed by atoms with Gasteiger partial charge in [-0.3, -0.25) is 0 Å². The predicted molar refractivity (Wildman–Crippen MR) is 80.8 cm³/mol. The van der Waals surface area contributed by atoms with Gasteiger partial charge in [-0.1, -0.05) is 73.7 Å². The number of allylic oxidation sites excluding steroid dienone is 1. The van der Waals surface area contributed by atoms with Gasteiger partial charge in [-0.25, -0.2) is 0 Å². The molecule has 0 bridgehead atoms. The summed E-state index contributed by atoms with van der Waals surface area (Å²) in [5, 5.41) is 0. The van der Waals surface area contributed by atoms with Crippen LogP contribution < -0.4 is 0 Å². The highest BCUT2D eigenvalue weighted by Crippen LogP contribution is 2.17. The lowest BCUT2D eigenvalue weighted by Crippen LogP contribution is -1.94. The maximum absolute atomic E-state index is 5.70. The average molecular weight is 252 g/mol. The van der Waals surface area contributed by atoms with Crippen molar-refractivity contribution in [2.75, 3.05) is 6.61 Å². The topological polar surface area (TPSA) is 9.23 Å². The highest BCUT2D eigenvalue weighted by molar-refractivity contribution is 5.65. The van der Waals surface area contributed by atoms with E-state index in [4.69, 9.17) is 4.74 Å². The summed E-state index contributed by atoms with van der Waals surface area (Å²) in [6, 6.07) is 20.7. The van der Waals surface area contributed by atoms with Crippen LogP contribution in [-0.4, -0.2) is 6.61 Å². The first-order chi connectivity index (χ1) is 9.40. The maximum atomic E-state index is 5.70. The highest BCUT2D eigenvalue weighted by atomic mass is 16.5. The Kier molecular flexibility index (Phi) is 5.39. The first-order valence-corrected chi connectivity index (χ1v) is 6.76. The third-order valence-electron chi connectivity index (χ3n) is 3.08. The van der Waals surface area contributed by atoms with Crippen LogP contribution in [0.3, 0.4) is 0 Å². The smallest absolute Gasteiger partial charge is 0.0721 e. The molecule has 2 aromatic rings. The lowest BCUT2D eigenvalue weighted by atomic mass is 10.0. The van der Waals surface area contributed by atoms with Crippen molar-refractivity contribution in [3.05, 3.63) is 77.9 Å². The molecule has 0 fully saturated rings. The van der Waals surface area contributed by atoms with Gasteiger partial charge in [-0.05, 0) is 23.1 Å². The second kappa shape index (κ2) is 7.55. The molecule has 1 nitrogen and oxygen atoms in total. The van der Waals surface area contributed by atoms with Gasteiger partial charge < -0.3 is 4.74 Å². The van der Waals surface area contributed by atoms with E-state index in [9.17, 15) is 0 Å². The summed E-state index contributed by atoms with van der Waals surface area (Å²) in [5.74, 6) is 0. The third kappa shape index (κ3) is 4.38. The quantitative estimate of drug-likeness (QED) is 0.677. The number of hydrogen-bond donors (Lipinski definition) is 0. The van der Waals surface area contributed by atoms with Gasteiger partial charge in [0.05, 0.1) is 13.2 Å². The van der Waals surface area contributed by atoms with Gasteiger partial charge in [0.2, 0.25) is 0 Å². The molecule has 0 aliphatic rings. The summed E-state index contributed by atoms with van der Waals surface area (Å²) in [4.78, 5) is 0. The normalized spacial score (nSPS) is 11.5. The Morgan fingerprint density at radius 1 is 0.947 bits per heavy atom. The van der Waals surface area contributed by atoms with E-state index < -0.39 is 0 Å². The Morgan fingerprint density at radius 2 is 1.58 bits per heavy atom. The van der Waals surface area contributed by atoms with Crippen LogP contribution in [0.1, 0.15) is 24.5 Å². The summed E-state index contributed by atoms with van der Waals surface area (Å²) in [5.41, 5.74) is 3.84. The van der Waals surface area contributed by atoms with Crippen LogP contribution >= 0.6 is 0 Å². The van der Waals surface area contributed by atoms with E-state index in [0.717, 1.165) is 6.42 Å². The van der Waals surface area contributed by atoms with Gasteiger partial charge in [-0.2, -0.15) is 0 Å². The first kappa shape index (κ1) is 13.6. The van der Waals surface area contributed by atoms with Crippen molar-refractivity contribution >= 4 is 5.57 Å². The van der Waals surface area contributed by atoms with Crippen LogP contribution in [0.15, 0.2) is 66.7 Å². The maximum Gasteiger partial charge on any atom is 0.0721 e. The number of rotatable bonds is 6. The summed E-state index contributed by atoms with van der Waals surface area (Å²) in [7, 11) is 0. The van der Waals surface area contributed by atoms with E-state index >= 15 is 0 Å². The van der Waals surface area contributed by atoms with Crippen molar-refractivity contribution in [3.63, 3.8) is 0 Å². The minimum Gasteiger partial charge on any atom is -0.373 e. The molecule has 0 heterocycles. The molecule has 0 N–H and O–H groups in total. The van der Waals surface area contributed by atoms with Gasteiger partial charge in [0, 0.05) is 0 Å². The molecule has 0 saturated carbocycles. The largest absolute Gasteiger partial charge is 0.373 e. The molecule has 0 saturated heterocycles. The van der Waals surface area contributed by atoms with Crippen LogP contribution in [0.2, 0.25) is 0 Å². The van der Waals surface area contributed by atoms with Crippen molar-refractivity contribution in [1.82, 2.24) is 0 Å². The summed E-state index contributed by atoms with van der Waals surface area (Å²) in [6.07, 6.45) is 3.21. The molecule has 2 aromatic carbocycles. The highest BCUT2D eigenvalue weighted by Gasteiger charge is 1.97. The summed E-state index contributed by atoms with van der Waals surface area (Å²) in [6.45, 7) is 3.51. The zero-order valence-electron chi connectivity index (χ0n) is 11.4. The van der Waals surface area contributed by atoms with Crippen LogP contribution in [0.25, 0.3) is 5.57 Å². The number of benzene rings is 2. The van der Waals surface area contributed by atoms with Crippen molar-refractivity contribution in [2.45, 2.75) is 20.0 Å². The Hall–Kier alpha value is -1.86. The van der Waals surface area contributed by atoms with E-state index in [0.29, 0.717) is 13.2 Å². The lowest BCUT2D eigenvalue weighted by molar-refractivity contribution is 0.149. The molecule has 0 amide bonds. The second-order valence-corrected chi connectivity index (χ2v) is 4.45. The molecule has 19 heavy (non-hydrogen) atoms. The fraction of sp³-hybridized carbons (Fsp3) is 0.222. The first-order valence-electron chi connectivity index (χ1n) is 6.76. The zero-order chi connectivity index (χ0) is 13.3. The Bertz CT molecular complexity index is 500. The molecule has 0 atom stereocenters. The Labute approximate surface area is 115 Å². The minimum absolute atomic E-state index is 0.660. The predicted octanol–water partition coefficient (Wildman–Crippen LogP) is 4.70. The van der Waals surface area contributed by atoms with E-state index in [1.165, 1.54) is 16.7 Å². The van der Waals surface area contributed by atoms with Gasteiger partial charge in [0.15, 0.2) is 0 Å². The fourth-order valence-corrected chi connectivity index (χ4v) is 2.03. The van der Waals surface area contributed by atoms with Crippen LogP contribution in [0.4, 0.5) is 0 Å². The summed E-state index contributed by atoms with van der Waals surface area (Å²) < 4.78 is 5.70. The van der Waals surface area contributed by atoms with Gasteiger partial charge in [0.25, 0.3) is 0 Å². The van der Waals surface area contributed by atoms with Crippen molar-refractivity contribution in [2.24, 2.45) is 0 Å². The molecule has 0 spiro atoms. The zero-order valence-corrected chi connectivity index (χ0v) is 11.4. The third-order valence-corrected chi connectivity index (χ3v) is 3.08. The standard InChI is InChI=1S/C18H20O/c1-2-17(18-11-7-4-8-12-18)13-14-19-15-16-9-5-3-6-10-16/h3-13H,2,14-15H2,1H3/b17-13-. The molecular weight excluding hydrogens is 232 g/mol. The Balaban J connectivity index is 1.87. The number of hydrogen-bond acceptors (Lipinski definition) is 1. The molecule has 98 valence electrons. The average Bonchev–Trinajstić information content (AvgIpc) is 2.49. The van der Waals surface area contributed by atoms with Crippen molar-refractivity contribution in [1.29, 1.82) is 0 Å². The van der Waals surface area contributed by atoms with Crippen LogP contribution in [0.5, 0.6) is 0 Å². The van der Waals surface area contributed by atoms with E-state index in [-0.39, 0.29) is 0 Å². The van der Waals surface area contributed by atoms with Gasteiger partial charge in [0.1, 0.15) is 0 Å². The van der Waals surface area contributed by atoms with E-state index in [2.05, 4.69) is 49.4 Å². The van der Waals surface area contributed by atoms with Gasteiger partial charge in [-0.15, -0.1) is 0 Å². The summed E-state index contributed by atoms with van der Waals surface area (Å²) >= 11 is 0. The molecule has 1 heteroatoms. The van der Waals surface area contributed by atoms with Crippen LogP contribution in [0, 0.1) is 0 Å². The van der Waals surface area contributed by atoms with Crippen molar-refractivity contribution < 1.29 is 4.74 Å². The number of ether oxygens (including phenoxy) is 1. The van der Waals surface area contributed by atoms with E-state index in [1.807, 2.05) is 24.3 Å². The second-order valence-electron chi connectivity index (χ2n) is 4.45. The van der Waals surface area contributed by atoms with Crippen LogP contribution in [-0.2, 0) is 11.3 Å². The lowest BCUT2D eigenvalue weighted by Gasteiger charge is -2.06. The molecule has 0 aliphatic carbocycles. The molecule has 0 radical (unpaired) electrons. The SMILES string of the molecule is CC/C(=C/COCc1ccccc1)c1ccccc1.